The SMILES string of the molecule is c1ccc2c(c1)Oc1ccccc1N2c1ccc(-c2ccc3c(c2)[Si]2(c4ccccc4Oc4ccccc42)c2ccccc2-3)cc1. The quantitative estimate of drug-likeness (QED) is 0.185. The van der Waals surface area contributed by atoms with E-state index in [1.165, 1.54) is 43.0 Å². The van der Waals surface area contributed by atoms with Crippen molar-refractivity contribution in [1.82, 2.24) is 0 Å². The maximum atomic E-state index is 6.55. The summed E-state index contributed by atoms with van der Waals surface area (Å²) in [6.45, 7) is 0. The maximum Gasteiger partial charge on any atom is 0.189 e. The van der Waals surface area contributed by atoms with E-state index < -0.39 is 8.07 Å². The van der Waals surface area contributed by atoms with Crippen LogP contribution in [-0.2, 0) is 0 Å². The van der Waals surface area contributed by atoms with Gasteiger partial charge >= 0.3 is 0 Å². The van der Waals surface area contributed by atoms with Gasteiger partial charge in [-0.1, -0.05) is 115 Å². The van der Waals surface area contributed by atoms with E-state index >= 15 is 0 Å². The zero-order chi connectivity index (χ0) is 30.2. The van der Waals surface area contributed by atoms with Crippen LogP contribution in [0.1, 0.15) is 0 Å². The molecule has 3 aliphatic heterocycles. The van der Waals surface area contributed by atoms with Crippen LogP contribution in [-0.4, -0.2) is 8.07 Å². The molecule has 0 saturated carbocycles. The molecule has 7 aromatic rings. The lowest BCUT2D eigenvalue weighted by molar-refractivity contribution is 0.477. The van der Waals surface area contributed by atoms with Gasteiger partial charge in [-0.15, -0.1) is 0 Å². The minimum absolute atomic E-state index is 0.857. The summed E-state index contributed by atoms with van der Waals surface area (Å²) in [6, 6.07) is 58.9. The molecule has 216 valence electrons. The molecule has 0 fully saturated rings. The van der Waals surface area contributed by atoms with E-state index in [1.54, 1.807) is 0 Å². The van der Waals surface area contributed by atoms with Crippen LogP contribution in [0, 0.1) is 0 Å². The summed E-state index contributed by atoms with van der Waals surface area (Å²) in [4.78, 5) is 2.29. The highest BCUT2D eigenvalue weighted by atomic mass is 28.3. The van der Waals surface area contributed by atoms with Crippen molar-refractivity contribution in [2.75, 3.05) is 4.90 Å². The zero-order valence-corrected chi connectivity index (χ0v) is 25.9. The van der Waals surface area contributed by atoms with Gasteiger partial charge in [-0.25, -0.2) is 0 Å². The first-order valence-electron chi connectivity index (χ1n) is 15.7. The lowest BCUT2D eigenvalue weighted by atomic mass is 10.00. The standard InChI is InChI=1S/C42H27NO2Si/c1-8-18-39-31(11-1)32-26-23-29(27-42(32)46(39)40-19-9-6-16-37(40)45-38-17-7-10-20-41(38)46)28-21-24-30(25-22-28)43-33-12-2-4-14-35(33)44-36-15-5-3-13-34(36)43/h1-27H. The minimum atomic E-state index is -2.63. The van der Waals surface area contributed by atoms with Crippen molar-refractivity contribution in [3.05, 3.63) is 164 Å². The van der Waals surface area contributed by atoms with E-state index in [-0.39, 0.29) is 0 Å². The first-order valence-corrected chi connectivity index (χ1v) is 17.7. The first-order chi connectivity index (χ1) is 22.8. The van der Waals surface area contributed by atoms with Crippen LogP contribution in [0.15, 0.2) is 164 Å². The highest BCUT2D eigenvalue weighted by Gasteiger charge is 2.53. The zero-order valence-electron chi connectivity index (χ0n) is 24.9. The molecule has 0 saturated heterocycles. The number of hydrogen-bond acceptors (Lipinski definition) is 3. The Morgan fingerprint density at radius 3 is 1.50 bits per heavy atom. The topological polar surface area (TPSA) is 21.7 Å². The van der Waals surface area contributed by atoms with Gasteiger partial charge in [0.15, 0.2) is 19.6 Å². The average Bonchev–Trinajstić information content (AvgIpc) is 3.41. The van der Waals surface area contributed by atoms with Crippen LogP contribution in [0.5, 0.6) is 23.0 Å². The second-order valence-electron chi connectivity index (χ2n) is 12.1. The fraction of sp³-hybridized carbons (Fsp3) is 0. The molecule has 10 rings (SSSR count). The Morgan fingerprint density at radius 2 is 0.848 bits per heavy atom. The number of para-hydroxylation sites is 6. The van der Waals surface area contributed by atoms with Crippen LogP contribution in [0.4, 0.5) is 17.1 Å². The van der Waals surface area contributed by atoms with E-state index in [0.29, 0.717) is 0 Å². The highest BCUT2D eigenvalue weighted by molar-refractivity contribution is 7.23. The number of rotatable bonds is 2. The van der Waals surface area contributed by atoms with Crippen LogP contribution in [0.2, 0.25) is 0 Å². The Morgan fingerprint density at radius 1 is 0.370 bits per heavy atom. The summed E-state index contributed by atoms with van der Waals surface area (Å²) in [5, 5.41) is 5.49. The normalized spacial score (nSPS) is 14.1. The van der Waals surface area contributed by atoms with Crippen molar-refractivity contribution >= 4 is 45.9 Å². The van der Waals surface area contributed by atoms with Crippen molar-refractivity contribution in [2.24, 2.45) is 0 Å². The largest absolute Gasteiger partial charge is 0.458 e. The Hall–Kier alpha value is -5.84. The van der Waals surface area contributed by atoms with Gasteiger partial charge in [-0.05, 0) is 91.5 Å². The molecule has 3 aliphatic rings. The van der Waals surface area contributed by atoms with E-state index in [4.69, 9.17) is 9.47 Å². The van der Waals surface area contributed by atoms with Crippen LogP contribution in [0.25, 0.3) is 22.3 Å². The first kappa shape index (κ1) is 25.5. The van der Waals surface area contributed by atoms with Crippen molar-refractivity contribution in [3.8, 4) is 45.3 Å². The monoisotopic (exact) mass is 605 g/mol. The molecular formula is C42H27NO2Si. The van der Waals surface area contributed by atoms with Gasteiger partial charge in [0.2, 0.25) is 0 Å². The fourth-order valence-electron chi connectivity index (χ4n) is 7.82. The molecule has 4 heteroatoms. The minimum Gasteiger partial charge on any atom is -0.458 e. The van der Waals surface area contributed by atoms with Gasteiger partial charge in [0.25, 0.3) is 0 Å². The van der Waals surface area contributed by atoms with Gasteiger partial charge in [0.1, 0.15) is 11.5 Å². The second-order valence-corrected chi connectivity index (χ2v) is 15.7. The van der Waals surface area contributed by atoms with E-state index in [9.17, 15) is 0 Å². The smallest absolute Gasteiger partial charge is 0.189 e. The molecule has 3 nitrogen and oxygen atoms in total. The third kappa shape index (κ3) is 3.42. The summed E-state index contributed by atoms with van der Waals surface area (Å²) in [6.07, 6.45) is 0. The second kappa shape index (κ2) is 9.58. The molecule has 46 heavy (non-hydrogen) atoms. The number of ether oxygens (including phenoxy) is 2. The van der Waals surface area contributed by atoms with Crippen LogP contribution >= 0.6 is 0 Å². The Labute approximate surface area is 268 Å². The summed E-state index contributed by atoms with van der Waals surface area (Å²) in [5.74, 6) is 3.65. The molecule has 0 bridgehead atoms. The maximum absolute atomic E-state index is 6.55. The van der Waals surface area contributed by atoms with Crippen molar-refractivity contribution in [1.29, 1.82) is 0 Å². The highest BCUT2D eigenvalue weighted by Crippen LogP contribution is 2.50. The molecule has 0 unspecified atom stereocenters. The van der Waals surface area contributed by atoms with Crippen molar-refractivity contribution in [2.45, 2.75) is 0 Å². The lowest BCUT2D eigenvalue weighted by Gasteiger charge is -2.37. The van der Waals surface area contributed by atoms with E-state index in [1.807, 2.05) is 24.3 Å². The molecule has 0 radical (unpaired) electrons. The summed E-state index contributed by atoms with van der Waals surface area (Å²) < 4.78 is 12.8. The Bertz CT molecular complexity index is 2250. The predicted molar refractivity (Wildman–Crippen MR) is 189 cm³/mol. The Balaban J connectivity index is 1.14. The fourth-order valence-corrected chi connectivity index (χ4v) is 13.2. The van der Waals surface area contributed by atoms with Gasteiger partial charge < -0.3 is 14.4 Å². The molecular weight excluding hydrogens is 579 g/mol. The number of nitrogens with zero attached hydrogens (tertiary/aromatic N) is 1. The lowest BCUT2D eigenvalue weighted by Crippen LogP contribution is -2.74. The van der Waals surface area contributed by atoms with Crippen molar-refractivity contribution < 1.29 is 9.47 Å². The predicted octanol–water partition coefficient (Wildman–Crippen LogP) is 8.39. The molecule has 0 atom stereocenters. The molecule has 3 heterocycles. The number of hydrogen-bond donors (Lipinski definition) is 0. The van der Waals surface area contributed by atoms with Crippen LogP contribution < -0.4 is 35.1 Å². The number of benzene rings is 7. The van der Waals surface area contributed by atoms with E-state index in [2.05, 4.69) is 144 Å². The van der Waals surface area contributed by atoms with Crippen molar-refractivity contribution in [3.63, 3.8) is 0 Å². The molecule has 0 aliphatic carbocycles. The van der Waals surface area contributed by atoms with Crippen LogP contribution in [0.3, 0.4) is 0 Å². The number of fused-ring (bicyclic) bond motifs is 11. The van der Waals surface area contributed by atoms with Gasteiger partial charge in [0.05, 0.1) is 11.4 Å². The average molecular weight is 606 g/mol. The third-order valence-electron chi connectivity index (χ3n) is 9.74. The summed E-state index contributed by atoms with van der Waals surface area (Å²) >= 11 is 0. The molecule has 1 spiro atoms. The summed E-state index contributed by atoms with van der Waals surface area (Å²) in [7, 11) is -2.63. The molecule has 7 aromatic carbocycles. The third-order valence-corrected chi connectivity index (χ3v) is 14.6. The van der Waals surface area contributed by atoms with E-state index in [0.717, 1.165) is 40.1 Å². The number of anilines is 3. The van der Waals surface area contributed by atoms with Gasteiger partial charge in [-0.2, -0.15) is 0 Å². The molecule has 0 aromatic heterocycles. The molecule has 0 amide bonds. The summed E-state index contributed by atoms with van der Waals surface area (Å²) in [5.41, 5.74) is 8.24. The Kier molecular flexibility index (Phi) is 5.30. The molecule has 0 N–H and O–H groups in total. The van der Waals surface area contributed by atoms with Gasteiger partial charge in [-0.3, -0.25) is 0 Å². The van der Waals surface area contributed by atoms with Gasteiger partial charge in [0, 0.05) is 5.69 Å².